The van der Waals surface area contributed by atoms with Gasteiger partial charge in [-0.15, -0.1) is 0 Å². The first-order valence-electron chi connectivity index (χ1n) is 3.73. The smallest absolute Gasteiger partial charge is 0.231 e. The lowest BCUT2D eigenvalue weighted by Crippen LogP contribution is -2.46. The van der Waals surface area contributed by atoms with Crippen molar-refractivity contribution in [1.29, 1.82) is 0 Å². The van der Waals surface area contributed by atoms with Crippen molar-refractivity contribution in [3.8, 4) is 0 Å². The molecule has 3 N–H and O–H groups in total. The van der Waals surface area contributed by atoms with E-state index in [-0.39, 0.29) is 18.0 Å². The highest BCUT2D eigenvalue weighted by molar-refractivity contribution is 5.75. The average Bonchev–Trinajstić information content (AvgIpc) is 2.33. The maximum absolute atomic E-state index is 10.4. The first kappa shape index (κ1) is 8.49. The predicted molar refractivity (Wildman–Crippen MR) is 41.0 cm³/mol. The van der Waals surface area contributed by atoms with Crippen LogP contribution in [0.4, 0.5) is 0 Å². The lowest BCUT2D eigenvalue weighted by Gasteiger charge is -2.22. The number of hydrogen-bond donors (Lipinski definition) is 2. The van der Waals surface area contributed by atoms with Gasteiger partial charge in [0.05, 0.1) is 13.2 Å². The van der Waals surface area contributed by atoms with E-state index in [1.807, 2.05) is 6.92 Å². The summed E-state index contributed by atoms with van der Waals surface area (Å²) in [7, 11) is 0. The van der Waals surface area contributed by atoms with Gasteiger partial charge < -0.3 is 15.8 Å². The Morgan fingerprint density at radius 1 is 1.82 bits per heavy atom. The number of carbonyl (C=O) groups is 1. The van der Waals surface area contributed by atoms with E-state index in [0.717, 1.165) is 13.0 Å². The molecule has 0 spiro atoms. The van der Waals surface area contributed by atoms with Crippen LogP contribution >= 0.6 is 0 Å². The zero-order valence-electron chi connectivity index (χ0n) is 6.72. The summed E-state index contributed by atoms with van der Waals surface area (Å²) in [6.45, 7) is 3.70. The molecule has 0 aromatic carbocycles. The van der Waals surface area contributed by atoms with Crippen LogP contribution in [0.25, 0.3) is 0 Å². The second kappa shape index (κ2) is 3.19. The molecule has 1 atom stereocenters. The molecule has 0 aliphatic carbocycles. The number of primary amides is 1. The summed E-state index contributed by atoms with van der Waals surface area (Å²) in [5, 5.41) is 3.06. The van der Waals surface area contributed by atoms with Gasteiger partial charge in [-0.05, 0) is 13.3 Å². The van der Waals surface area contributed by atoms with E-state index in [1.54, 1.807) is 0 Å². The number of carbonyl (C=O) groups excluding carboxylic acids is 1. The average molecular weight is 158 g/mol. The monoisotopic (exact) mass is 158 g/mol. The Labute approximate surface area is 66.1 Å². The van der Waals surface area contributed by atoms with E-state index in [2.05, 4.69) is 5.32 Å². The number of amides is 1. The van der Waals surface area contributed by atoms with Gasteiger partial charge in [0.25, 0.3) is 0 Å². The van der Waals surface area contributed by atoms with Crippen molar-refractivity contribution in [2.75, 3.05) is 19.8 Å². The normalized spacial score (nSPS) is 30.6. The van der Waals surface area contributed by atoms with Crippen LogP contribution in [0.2, 0.25) is 0 Å². The topological polar surface area (TPSA) is 64.3 Å². The molecular formula is C7H14N2O2. The van der Waals surface area contributed by atoms with Crippen molar-refractivity contribution >= 4 is 5.91 Å². The minimum atomic E-state index is -0.321. The molecule has 4 heteroatoms. The summed E-state index contributed by atoms with van der Waals surface area (Å²) in [6.07, 6.45) is 0.945. The van der Waals surface area contributed by atoms with Gasteiger partial charge in [-0.1, -0.05) is 0 Å². The third-order valence-corrected chi connectivity index (χ3v) is 1.91. The largest absolute Gasteiger partial charge is 0.379 e. The van der Waals surface area contributed by atoms with E-state index < -0.39 is 0 Å². The summed E-state index contributed by atoms with van der Waals surface area (Å²) in [5.41, 5.74) is 4.94. The molecule has 1 heterocycles. The third-order valence-electron chi connectivity index (χ3n) is 1.91. The van der Waals surface area contributed by atoms with Crippen molar-refractivity contribution in [2.45, 2.75) is 18.9 Å². The van der Waals surface area contributed by atoms with Crippen LogP contribution in [0, 0.1) is 0 Å². The summed E-state index contributed by atoms with van der Waals surface area (Å²) in [5.74, 6) is -0.321. The van der Waals surface area contributed by atoms with Crippen LogP contribution in [0.15, 0.2) is 0 Å². The molecule has 0 aromatic rings. The summed E-state index contributed by atoms with van der Waals surface area (Å²) >= 11 is 0. The van der Waals surface area contributed by atoms with Gasteiger partial charge in [-0.3, -0.25) is 4.79 Å². The zero-order valence-corrected chi connectivity index (χ0v) is 6.72. The Kier molecular flexibility index (Phi) is 2.46. The molecule has 1 aliphatic heterocycles. The first-order chi connectivity index (χ1) is 5.12. The summed E-state index contributed by atoms with van der Waals surface area (Å²) in [4.78, 5) is 10.4. The van der Waals surface area contributed by atoms with Crippen LogP contribution < -0.4 is 11.1 Å². The molecule has 1 aliphatic rings. The summed E-state index contributed by atoms with van der Waals surface area (Å²) in [6, 6.07) is 0. The fourth-order valence-corrected chi connectivity index (χ4v) is 1.11. The minimum absolute atomic E-state index is 0.0466. The fraction of sp³-hybridized carbons (Fsp3) is 0.857. The minimum Gasteiger partial charge on any atom is -0.379 e. The van der Waals surface area contributed by atoms with Gasteiger partial charge >= 0.3 is 0 Å². The van der Waals surface area contributed by atoms with Gasteiger partial charge in [0.15, 0.2) is 0 Å². The summed E-state index contributed by atoms with van der Waals surface area (Å²) < 4.78 is 5.18. The predicted octanol–water partition coefficient (Wildman–Crippen LogP) is -0.760. The number of ether oxygens (including phenoxy) is 1. The van der Waals surface area contributed by atoms with Crippen molar-refractivity contribution in [2.24, 2.45) is 5.73 Å². The van der Waals surface area contributed by atoms with E-state index in [9.17, 15) is 4.79 Å². The van der Waals surface area contributed by atoms with Gasteiger partial charge in [0.2, 0.25) is 5.91 Å². The van der Waals surface area contributed by atoms with Gasteiger partial charge in [-0.25, -0.2) is 0 Å². The molecule has 1 unspecified atom stereocenters. The van der Waals surface area contributed by atoms with E-state index in [4.69, 9.17) is 10.5 Å². The first-order valence-corrected chi connectivity index (χ1v) is 3.73. The highest BCUT2D eigenvalue weighted by atomic mass is 16.5. The molecule has 1 rings (SSSR count). The van der Waals surface area contributed by atoms with E-state index >= 15 is 0 Å². The SMILES string of the molecule is CC1(NCC(N)=O)CCOC1. The van der Waals surface area contributed by atoms with Crippen LogP contribution in [-0.4, -0.2) is 31.2 Å². The second-order valence-electron chi connectivity index (χ2n) is 3.18. The van der Waals surface area contributed by atoms with E-state index in [1.165, 1.54) is 0 Å². The maximum atomic E-state index is 10.4. The van der Waals surface area contributed by atoms with Crippen LogP contribution in [0.5, 0.6) is 0 Å². The molecule has 0 bridgehead atoms. The van der Waals surface area contributed by atoms with Gasteiger partial charge in [-0.2, -0.15) is 0 Å². The number of rotatable bonds is 3. The maximum Gasteiger partial charge on any atom is 0.231 e. The second-order valence-corrected chi connectivity index (χ2v) is 3.18. The van der Waals surface area contributed by atoms with Crippen LogP contribution in [-0.2, 0) is 9.53 Å². The molecule has 0 aromatic heterocycles. The highest BCUT2D eigenvalue weighted by Gasteiger charge is 2.28. The zero-order chi connectivity index (χ0) is 8.32. The van der Waals surface area contributed by atoms with Crippen molar-refractivity contribution in [3.05, 3.63) is 0 Å². The Morgan fingerprint density at radius 2 is 2.55 bits per heavy atom. The third kappa shape index (κ3) is 2.48. The quantitative estimate of drug-likeness (QED) is 0.567. The lowest BCUT2D eigenvalue weighted by molar-refractivity contribution is -0.117. The Morgan fingerprint density at radius 3 is 3.00 bits per heavy atom. The number of hydrogen-bond acceptors (Lipinski definition) is 3. The Hall–Kier alpha value is -0.610. The molecule has 0 radical (unpaired) electrons. The molecule has 1 amide bonds. The van der Waals surface area contributed by atoms with Crippen LogP contribution in [0.3, 0.4) is 0 Å². The molecule has 11 heavy (non-hydrogen) atoms. The molecule has 1 saturated heterocycles. The molecule has 0 saturated carbocycles. The Balaban J connectivity index is 2.28. The number of nitrogens with one attached hydrogen (secondary N) is 1. The van der Waals surface area contributed by atoms with Gasteiger partial charge in [0, 0.05) is 12.1 Å². The molecular weight excluding hydrogens is 144 g/mol. The van der Waals surface area contributed by atoms with Crippen molar-refractivity contribution in [1.82, 2.24) is 5.32 Å². The molecule has 4 nitrogen and oxygen atoms in total. The van der Waals surface area contributed by atoms with Gasteiger partial charge in [0.1, 0.15) is 0 Å². The molecule has 1 fully saturated rings. The number of nitrogens with two attached hydrogens (primary N) is 1. The Bertz CT molecular complexity index is 153. The highest BCUT2D eigenvalue weighted by Crippen LogP contribution is 2.16. The van der Waals surface area contributed by atoms with Crippen molar-refractivity contribution in [3.63, 3.8) is 0 Å². The fourth-order valence-electron chi connectivity index (χ4n) is 1.11. The molecule has 64 valence electrons. The lowest BCUT2D eigenvalue weighted by atomic mass is 10.0. The van der Waals surface area contributed by atoms with Crippen LogP contribution in [0.1, 0.15) is 13.3 Å². The van der Waals surface area contributed by atoms with E-state index in [0.29, 0.717) is 6.61 Å². The van der Waals surface area contributed by atoms with Crippen molar-refractivity contribution < 1.29 is 9.53 Å². The standard InChI is InChI=1S/C7H14N2O2/c1-7(2-3-11-5-7)9-4-6(8)10/h9H,2-5H2,1H3,(H2,8,10).